The number of aromatic amines is 1. The Labute approximate surface area is 142 Å². The zero-order valence-electron chi connectivity index (χ0n) is 13.2. The van der Waals surface area contributed by atoms with Crippen LogP contribution in [0.3, 0.4) is 0 Å². The lowest BCUT2D eigenvalue weighted by atomic mass is 9.97. The Bertz CT molecular complexity index is 716. The van der Waals surface area contributed by atoms with Crippen molar-refractivity contribution in [3.8, 4) is 0 Å². The number of nitrogens with one attached hydrogen (secondary N) is 1. The van der Waals surface area contributed by atoms with Crippen molar-refractivity contribution >= 4 is 18.2 Å². The molecule has 10 heteroatoms. The lowest BCUT2D eigenvalue weighted by molar-refractivity contribution is -0.248. The minimum atomic E-state index is -1.66. The number of ether oxygens (including phenoxy) is 2. The van der Waals surface area contributed by atoms with Crippen LogP contribution < -0.4 is 5.56 Å². The Morgan fingerprint density at radius 1 is 1.38 bits per heavy atom. The van der Waals surface area contributed by atoms with E-state index >= 15 is 0 Å². The molecule has 0 aromatic carbocycles. The number of esters is 1. The van der Waals surface area contributed by atoms with Gasteiger partial charge in [0.15, 0.2) is 17.1 Å². The molecule has 0 saturated carbocycles. The van der Waals surface area contributed by atoms with Crippen molar-refractivity contribution in [3.63, 3.8) is 0 Å². The van der Waals surface area contributed by atoms with Crippen molar-refractivity contribution < 1.29 is 29.6 Å². The number of hydrogen-bond donors (Lipinski definition) is 4. The van der Waals surface area contributed by atoms with Gasteiger partial charge in [-0.1, -0.05) is 13.3 Å². The highest BCUT2D eigenvalue weighted by atomic mass is 32.1. The van der Waals surface area contributed by atoms with Crippen molar-refractivity contribution in [1.29, 1.82) is 0 Å². The van der Waals surface area contributed by atoms with Gasteiger partial charge in [0.1, 0.15) is 18.3 Å². The number of aromatic nitrogens is 2. The number of hydrogen-bond acceptors (Lipinski definition) is 8. The fraction of sp³-hybridized carbons (Fsp3) is 0.643. The zero-order chi connectivity index (χ0) is 18.0. The maximum absolute atomic E-state index is 11.8. The Morgan fingerprint density at radius 3 is 2.62 bits per heavy atom. The minimum Gasteiger partial charge on any atom is -0.467 e. The van der Waals surface area contributed by atoms with Crippen molar-refractivity contribution in [2.45, 2.75) is 50.4 Å². The predicted molar refractivity (Wildman–Crippen MR) is 83.8 cm³/mol. The standard InChI is InChI=1S/C14H20N2O7S/c1-3-4-6-5-7(17)15-14(24)16(6)12-10(20)8(18)9(19)11(23-12)13(21)22-2/h5,8-12,18-20H,3-4H2,1-2H3,(H,15,17,24)/t8-,9-,10+,11-,12+/m0/s1. The summed E-state index contributed by atoms with van der Waals surface area (Å²) < 4.78 is 11.3. The van der Waals surface area contributed by atoms with Gasteiger partial charge >= 0.3 is 5.97 Å². The Hall–Kier alpha value is -1.59. The molecule has 0 amide bonds. The molecular formula is C14H20N2O7S. The predicted octanol–water partition coefficient (Wildman–Crippen LogP) is -0.989. The normalized spacial score (nSPS) is 30.1. The molecule has 0 spiro atoms. The van der Waals surface area contributed by atoms with Crippen LogP contribution >= 0.6 is 12.2 Å². The second-order valence-corrected chi connectivity index (χ2v) is 5.88. The number of nitrogens with zero attached hydrogens (tertiary/aromatic N) is 1. The van der Waals surface area contributed by atoms with Gasteiger partial charge in [0.05, 0.1) is 7.11 Å². The second kappa shape index (κ2) is 7.53. The third-order valence-electron chi connectivity index (χ3n) is 3.84. The highest BCUT2D eigenvalue weighted by Gasteiger charge is 2.48. The van der Waals surface area contributed by atoms with Gasteiger partial charge < -0.3 is 24.8 Å². The number of carbonyl (C=O) groups is 1. The van der Waals surface area contributed by atoms with Crippen molar-refractivity contribution in [2.75, 3.05) is 7.11 Å². The van der Waals surface area contributed by atoms with E-state index in [1.807, 2.05) is 6.92 Å². The molecule has 1 saturated heterocycles. The first kappa shape index (κ1) is 18.7. The van der Waals surface area contributed by atoms with Gasteiger partial charge in [-0.25, -0.2) is 4.79 Å². The van der Waals surface area contributed by atoms with Gasteiger partial charge in [-0.15, -0.1) is 0 Å². The summed E-state index contributed by atoms with van der Waals surface area (Å²) in [6.45, 7) is 1.89. The quantitative estimate of drug-likeness (QED) is 0.397. The summed E-state index contributed by atoms with van der Waals surface area (Å²) in [7, 11) is 1.11. The van der Waals surface area contributed by atoms with Crippen LogP contribution in [0.4, 0.5) is 0 Å². The van der Waals surface area contributed by atoms with Crippen LogP contribution in [-0.2, 0) is 20.7 Å². The molecule has 0 aliphatic carbocycles. The van der Waals surface area contributed by atoms with Crippen LogP contribution in [0.2, 0.25) is 0 Å². The SMILES string of the molecule is CCCc1cc(=O)[nH]c(=S)n1[C@@H]1O[C@H](C(=O)OC)[C@@H](O)[C@H](O)[C@H]1O. The first-order chi connectivity index (χ1) is 11.3. The van der Waals surface area contributed by atoms with E-state index in [1.165, 1.54) is 10.6 Å². The van der Waals surface area contributed by atoms with Crippen LogP contribution in [0.25, 0.3) is 0 Å². The molecule has 1 fully saturated rings. The summed E-state index contributed by atoms with van der Waals surface area (Å²) in [5, 5.41) is 30.3. The van der Waals surface area contributed by atoms with Gasteiger partial charge in [0.2, 0.25) is 0 Å². The van der Waals surface area contributed by atoms with E-state index in [4.69, 9.17) is 17.0 Å². The van der Waals surface area contributed by atoms with Crippen LogP contribution in [0.1, 0.15) is 25.3 Å². The van der Waals surface area contributed by atoms with Crippen LogP contribution in [0, 0.1) is 4.77 Å². The summed E-state index contributed by atoms with van der Waals surface area (Å²) in [6.07, 6.45) is -6.49. The number of rotatable bonds is 4. The third kappa shape index (κ3) is 3.42. The van der Waals surface area contributed by atoms with Gasteiger partial charge in [-0.05, 0) is 18.6 Å². The van der Waals surface area contributed by atoms with Crippen molar-refractivity contribution in [1.82, 2.24) is 9.55 Å². The van der Waals surface area contributed by atoms with Crippen LogP contribution in [-0.4, -0.2) is 62.4 Å². The van der Waals surface area contributed by atoms with E-state index in [1.54, 1.807) is 0 Å². The molecule has 2 heterocycles. The summed E-state index contributed by atoms with van der Waals surface area (Å²) in [5.74, 6) is -0.897. The summed E-state index contributed by atoms with van der Waals surface area (Å²) >= 11 is 5.13. The maximum atomic E-state index is 11.8. The van der Waals surface area contributed by atoms with E-state index in [2.05, 4.69) is 9.72 Å². The number of methoxy groups -OCH3 is 1. The molecule has 1 aliphatic heterocycles. The third-order valence-corrected chi connectivity index (χ3v) is 4.14. The molecule has 0 unspecified atom stereocenters. The number of carbonyl (C=O) groups excluding carboxylic acids is 1. The fourth-order valence-corrected chi connectivity index (χ4v) is 2.99. The highest BCUT2D eigenvalue weighted by Crippen LogP contribution is 2.30. The Morgan fingerprint density at radius 2 is 2.04 bits per heavy atom. The monoisotopic (exact) mass is 360 g/mol. The van der Waals surface area contributed by atoms with Gasteiger partial charge in [-0.3, -0.25) is 14.3 Å². The maximum Gasteiger partial charge on any atom is 0.337 e. The Kier molecular flexibility index (Phi) is 5.88. The summed E-state index contributed by atoms with van der Waals surface area (Å²) in [4.78, 5) is 25.8. The van der Waals surface area contributed by atoms with Crippen LogP contribution in [0.5, 0.6) is 0 Å². The number of H-pyrrole nitrogens is 1. The lowest BCUT2D eigenvalue weighted by Crippen LogP contribution is -2.58. The second-order valence-electron chi connectivity index (χ2n) is 5.49. The number of aliphatic hydroxyl groups is 3. The van der Waals surface area contributed by atoms with E-state index in [0.29, 0.717) is 18.5 Å². The van der Waals surface area contributed by atoms with E-state index < -0.39 is 42.2 Å². The molecule has 0 radical (unpaired) electrons. The molecule has 2 rings (SSSR count). The first-order valence-corrected chi connectivity index (χ1v) is 7.84. The molecule has 1 aromatic rings. The molecule has 4 N–H and O–H groups in total. The zero-order valence-corrected chi connectivity index (χ0v) is 14.0. The molecule has 1 aliphatic rings. The van der Waals surface area contributed by atoms with Gasteiger partial charge in [-0.2, -0.15) is 0 Å². The average Bonchev–Trinajstić information content (AvgIpc) is 2.53. The average molecular weight is 360 g/mol. The summed E-state index contributed by atoms with van der Waals surface area (Å²) in [5.41, 5.74) is 0.0672. The lowest BCUT2D eigenvalue weighted by Gasteiger charge is -2.40. The Balaban J connectivity index is 2.52. The van der Waals surface area contributed by atoms with Crippen molar-refractivity contribution in [3.05, 3.63) is 26.9 Å². The number of aliphatic hydroxyl groups excluding tert-OH is 3. The van der Waals surface area contributed by atoms with E-state index in [9.17, 15) is 24.9 Å². The molecule has 134 valence electrons. The van der Waals surface area contributed by atoms with Crippen molar-refractivity contribution in [2.24, 2.45) is 0 Å². The fourth-order valence-electron chi connectivity index (χ4n) is 2.67. The molecule has 0 bridgehead atoms. The topological polar surface area (TPSA) is 134 Å². The molecule has 9 nitrogen and oxygen atoms in total. The smallest absolute Gasteiger partial charge is 0.337 e. The van der Waals surface area contributed by atoms with E-state index in [-0.39, 0.29) is 4.77 Å². The van der Waals surface area contributed by atoms with Gasteiger partial charge in [0.25, 0.3) is 5.56 Å². The number of aryl methyl sites for hydroxylation is 1. The van der Waals surface area contributed by atoms with Crippen LogP contribution in [0.15, 0.2) is 10.9 Å². The van der Waals surface area contributed by atoms with Gasteiger partial charge in [0, 0.05) is 11.8 Å². The molecule has 1 aromatic heterocycles. The molecule has 24 heavy (non-hydrogen) atoms. The van der Waals surface area contributed by atoms with E-state index in [0.717, 1.165) is 7.11 Å². The first-order valence-electron chi connectivity index (χ1n) is 7.44. The molecular weight excluding hydrogens is 340 g/mol. The summed E-state index contributed by atoms with van der Waals surface area (Å²) in [6, 6.07) is 1.31. The highest BCUT2D eigenvalue weighted by molar-refractivity contribution is 7.71. The minimum absolute atomic E-state index is 0.0257. The molecule has 5 atom stereocenters. The largest absolute Gasteiger partial charge is 0.467 e.